The minimum absolute atomic E-state index is 0.0999. The quantitative estimate of drug-likeness (QED) is 0.911. The predicted molar refractivity (Wildman–Crippen MR) is 68.5 cm³/mol. The molecular formula is C14H13F3N2O2. The molecule has 7 heteroatoms. The van der Waals surface area contributed by atoms with Crippen LogP contribution in [0.4, 0.5) is 18.9 Å². The molecule has 0 aromatic heterocycles. The van der Waals surface area contributed by atoms with Crippen molar-refractivity contribution in [3.8, 4) is 6.07 Å². The summed E-state index contributed by atoms with van der Waals surface area (Å²) in [7, 11) is 0. The largest absolute Gasteiger partial charge is 0.418 e. The van der Waals surface area contributed by atoms with Crippen molar-refractivity contribution in [2.24, 2.45) is 0 Å². The molecule has 0 saturated carbocycles. The standard InChI is InChI=1S/C14H13F3N2O2/c1-8-11(19-10(7-20)3-5-12(19)21)4-2-9(6-18)13(8)14(15,16)17/h2,4,10,20H,3,5,7H2,1H3. The normalized spacial score (nSPS) is 19.0. The lowest BCUT2D eigenvalue weighted by Crippen LogP contribution is -2.36. The Kier molecular flexibility index (Phi) is 3.92. The molecule has 112 valence electrons. The van der Waals surface area contributed by atoms with Crippen molar-refractivity contribution in [1.82, 2.24) is 0 Å². The Morgan fingerprint density at radius 3 is 2.67 bits per heavy atom. The molecule has 1 saturated heterocycles. The van der Waals surface area contributed by atoms with Crippen molar-refractivity contribution in [1.29, 1.82) is 5.26 Å². The van der Waals surface area contributed by atoms with Gasteiger partial charge in [-0.2, -0.15) is 18.4 Å². The summed E-state index contributed by atoms with van der Waals surface area (Å²) >= 11 is 0. The Hall–Kier alpha value is -2.07. The zero-order valence-corrected chi connectivity index (χ0v) is 11.2. The number of alkyl halides is 3. The Balaban J connectivity index is 2.62. The van der Waals surface area contributed by atoms with Gasteiger partial charge >= 0.3 is 6.18 Å². The van der Waals surface area contributed by atoms with Crippen molar-refractivity contribution in [2.75, 3.05) is 11.5 Å². The van der Waals surface area contributed by atoms with Crippen molar-refractivity contribution < 1.29 is 23.1 Å². The first-order valence-electron chi connectivity index (χ1n) is 6.35. The van der Waals surface area contributed by atoms with E-state index in [2.05, 4.69) is 0 Å². The van der Waals surface area contributed by atoms with Gasteiger partial charge in [-0.15, -0.1) is 0 Å². The van der Waals surface area contributed by atoms with Crippen LogP contribution in [0.2, 0.25) is 0 Å². The van der Waals surface area contributed by atoms with Crippen LogP contribution in [0.15, 0.2) is 12.1 Å². The number of hydrogen-bond acceptors (Lipinski definition) is 3. The van der Waals surface area contributed by atoms with Gasteiger partial charge in [0, 0.05) is 12.1 Å². The van der Waals surface area contributed by atoms with Crippen molar-refractivity contribution in [3.63, 3.8) is 0 Å². The fraction of sp³-hybridized carbons (Fsp3) is 0.429. The summed E-state index contributed by atoms with van der Waals surface area (Å²) in [4.78, 5) is 13.1. The molecule has 0 radical (unpaired) electrons. The van der Waals surface area contributed by atoms with Gasteiger partial charge in [0.2, 0.25) is 5.91 Å². The van der Waals surface area contributed by atoms with Crippen molar-refractivity contribution in [2.45, 2.75) is 32.0 Å². The fourth-order valence-electron chi connectivity index (χ4n) is 2.67. The van der Waals surface area contributed by atoms with E-state index in [0.717, 1.165) is 6.07 Å². The summed E-state index contributed by atoms with van der Waals surface area (Å²) in [5, 5.41) is 18.1. The first-order valence-corrected chi connectivity index (χ1v) is 6.35. The highest BCUT2D eigenvalue weighted by molar-refractivity contribution is 5.97. The molecular weight excluding hydrogens is 285 g/mol. The van der Waals surface area contributed by atoms with Gasteiger partial charge in [-0.25, -0.2) is 0 Å². The van der Waals surface area contributed by atoms with E-state index in [1.807, 2.05) is 0 Å². The summed E-state index contributed by atoms with van der Waals surface area (Å²) in [5.74, 6) is -0.324. The molecule has 4 nitrogen and oxygen atoms in total. The van der Waals surface area contributed by atoms with Gasteiger partial charge in [0.15, 0.2) is 0 Å². The smallest absolute Gasteiger partial charge is 0.394 e. The average Bonchev–Trinajstić information content (AvgIpc) is 2.78. The number of benzene rings is 1. The number of nitriles is 1. The molecule has 1 heterocycles. The van der Waals surface area contributed by atoms with Gasteiger partial charge in [0.05, 0.1) is 29.8 Å². The number of rotatable bonds is 2. The lowest BCUT2D eigenvalue weighted by atomic mass is 9.99. The summed E-state index contributed by atoms with van der Waals surface area (Å²) in [6, 6.07) is 3.39. The van der Waals surface area contributed by atoms with E-state index in [1.54, 1.807) is 0 Å². The molecule has 0 aliphatic carbocycles. The Morgan fingerprint density at radius 2 is 2.14 bits per heavy atom. The minimum Gasteiger partial charge on any atom is -0.394 e. The maximum Gasteiger partial charge on any atom is 0.418 e. The van der Waals surface area contributed by atoms with E-state index >= 15 is 0 Å². The number of nitrogens with zero attached hydrogens (tertiary/aromatic N) is 2. The molecule has 1 aromatic carbocycles. The third kappa shape index (κ3) is 2.59. The number of carbonyl (C=O) groups excluding carboxylic acids is 1. The second-order valence-electron chi connectivity index (χ2n) is 4.88. The minimum atomic E-state index is -4.68. The fourth-order valence-corrected chi connectivity index (χ4v) is 2.67. The summed E-state index contributed by atoms with van der Waals surface area (Å²) in [6.45, 7) is 0.922. The first kappa shape index (κ1) is 15.3. The summed E-state index contributed by atoms with van der Waals surface area (Å²) < 4.78 is 39.4. The van der Waals surface area contributed by atoms with E-state index in [1.165, 1.54) is 24.0 Å². The molecule has 1 atom stereocenters. The van der Waals surface area contributed by atoms with Crippen LogP contribution in [0.3, 0.4) is 0 Å². The monoisotopic (exact) mass is 298 g/mol. The summed E-state index contributed by atoms with van der Waals surface area (Å²) in [5.41, 5.74) is -1.58. The Bertz CT molecular complexity index is 620. The SMILES string of the molecule is Cc1c(N2C(=O)CCC2CO)ccc(C#N)c1C(F)(F)F. The number of carbonyl (C=O) groups is 1. The maximum absolute atomic E-state index is 13.1. The lowest BCUT2D eigenvalue weighted by Gasteiger charge is -2.27. The average molecular weight is 298 g/mol. The van der Waals surface area contributed by atoms with Crippen LogP contribution in [-0.2, 0) is 11.0 Å². The Morgan fingerprint density at radius 1 is 1.48 bits per heavy atom. The van der Waals surface area contributed by atoms with Crippen LogP contribution in [0.5, 0.6) is 0 Å². The van der Waals surface area contributed by atoms with E-state index in [-0.39, 0.29) is 30.2 Å². The van der Waals surface area contributed by atoms with Crippen LogP contribution in [0, 0.1) is 18.3 Å². The maximum atomic E-state index is 13.1. The van der Waals surface area contributed by atoms with Gasteiger partial charge in [0.25, 0.3) is 0 Å². The third-order valence-corrected chi connectivity index (χ3v) is 3.64. The van der Waals surface area contributed by atoms with E-state index in [9.17, 15) is 23.1 Å². The number of aliphatic hydroxyl groups excluding tert-OH is 1. The molecule has 1 aliphatic heterocycles. The third-order valence-electron chi connectivity index (χ3n) is 3.64. The summed E-state index contributed by atoms with van der Waals surface area (Å²) in [6.07, 6.45) is -4.09. The molecule has 1 amide bonds. The van der Waals surface area contributed by atoms with Crippen molar-refractivity contribution in [3.05, 3.63) is 28.8 Å². The lowest BCUT2D eigenvalue weighted by molar-refractivity contribution is -0.138. The number of aliphatic hydroxyl groups is 1. The van der Waals surface area contributed by atoms with Crippen LogP contribution < -0.4 is 4.90 Å². The van der Waals surface area contributed by atoms with Gasteiger partial charge in [-0.3, -0.25) is 4.79 Å². The highest BCUT2D eigenvalue weighted by Gasteiger charge is 2.39. The number of hydrogen-bond donors (Lipinski definition) is 1. The Labute approximate surface area is 119 Å². The molecule has 2 rings (SSSR count). The van der Waals surface area contributed by atoms with Crippen LogP contribution >= 0.6 is 0 Å². The highest BCUT2D eigenvalue weighted by Crippen LogP contribution is 2.40. The molecule has 1 aromatic rings. The van der Waals surface area contributed by atoms with Crippen LogP contribution in [0.1, 0.15) is 29.5 Å². The van der Waals surface area contributed by atoms with Gasteiger partial charge in [-0.05, 0) is 31.0 Å². The second-order valence-corrected chi connectivity index (χ2v) is 4.88. The van der Waals surface area contributed by atoms with Gasteiger partial charge in [0.1, 0.15) is 0 Å². The topological polar surface area (TPSA) is 64.3 Å². The predicted octanol–water partition coefficient (Wildman–Crippen LogP) is 2.37. The molecule has 1 unspecified atom stereocenters. The zero-order valence-electron chi connectivity index (χ0n) is 11.2. The molecule has 21 heavy (non-hydrogen) atoms. The van der Waals surface area contributed by atoms with E-state index in [4.69, 9.17) is 5.26 Å². The van der Waals surface area contributed by atoms with Crippen LogP contribution in [-0.4, -0.2) is 23.7 Å². The second kappa shape index (κ2) is 5.37. The van der Waals surface area contributed by atoms with E-state index in [0.29, 0.717) is 6.42 Å². The van der Waals surface area contributed by atoms with Crippen molar-refractivity contribution >= 4 is 11.6 Å². The number of halogens is 3. The molecule has 1 fully saturated rings. The molecule has 0 spiro atoms. The van der Waals surface area contributed by atoms with Crippen LogP contribution in [0.25, 0.3) is 0 Å². The highest BCUT2D eigenvalue weighted by atomic mass is 19.4. The molecule has 0 bridgehead atoms. The zero-order chi connectivity index (χ0) is 15.8. The number of amides is 1. The van der Waals surface area contributed by atoms with Gasteiger partial charge in [-0.1, -0.05) is 0 Å². The first-order chi connectivity index (χ1) is 9.81. The number of anilines is 1. The molecule has 1 N–H and O–H groups in total. The van der Waals surface area contributed by atoms with Gasteiger partial charge < -0.3 is 10.0 Å². The van der Waals surface area contributed by atoms with E-state index < -0.39 is 23.3 Å². The molecule has 1 aliphatic rings.